The highest BCUT2D eigenvalue weighted by Gasteiger charge is 2.10. The number of rotatable bonds is 8. The van der Waals surface area contributed by atoms with Crippen molar-refractivity contribution in [3.05, 3.63) is 49.6 Å². The number of nitrogens with zero attached hydrogens (tertiary/aromatic N) is 1. The van der Waals surface area contributed by atoms with Gasteiger partial charge < -0.3 is 14.7 Å². The van der Waals surface area contributed by atoms with Gasteiger partial charge in [-0.25, -0.2) is 4.79 Å². The molecule has 0 spiro atoms. The van der Waals surface area contributed by atoms with Crippen LogP contribution in [-0.2, 0) is 4.79 Å². The Morgan fingerprint density at radius 2 is 1.89 bits per heavy atom. The molecule has 4 heteroatoms. The highest BCUT2D eigenvalue weighted by molar-refractivity contribution is 5.69. The van der Waals surface area contributed by atoms with Crippen LogP contribution in [0.4, 0.5) is 5.69 Å². The summed E-state index contributed by atoms with van der Waals surface area (Å²) >= 11 is 0. The van der Waals surface area contributed by atoms with E-state index in [1.165, 1.54) is 0 Å². The lowest BCUT2D eigenvalue weighted by Crippen LogP contribution is -2.24. The first-order valence-electron chi connectivity index (χ1n) is 5.59. The van der Waals surface area contributed by atoms with Gasteiger partial charge in [-0.05, 0) is 12.1 Å². The van der Waals surface area contributed by atoms with Crippen LogP contribution in [0.15, 0.2) is 49.6 Å². The second-order valence-corrected chi connectivity index (χ2v) is 3.63. The third kappa shape index (κ3) is 3.97. The summed E-state index contributed by atoms with van der Waals surface area (Å²) in [6.45, 7) is 8.33. The quantitative estimate of drug-likeness (QED) is 0.716. The highest BCUT2D eigenvalue weighted by atomic mass is 16.5. The van der Waals surface area contributed by atoms with Gasteiger partial charge in [0.05, 0.1) is 5.69 Å². The summed E-state index contributed by atoms with van der Waals surface area (Å²) in [5, 5.41) is 8.64. The molecule has 0 fully saturated rings. The van der Waals surface area contributed by atoms with Crippen molar-refractivity contribution in [3.8, 4) is 5.75 Å². The summed E-state index contributed by atoms with van der Waals surface area (Å²) in [5.74, 6) is -0.451. The third-order valence-corrected chi connectivity index (χ3v) is 2.26. The molecule has 0 bridgehead atoms. The molecule has 0 radical (unpaired) electrons. The van der Waals surface area contributed by atoms with Crippen LogP contribution in [0.2, 0.25) is 0 Å². The fourth-order valence-electron chi connectivity index (χ4n) is 1.56. The Hall–Kier alpha value is -2.23. The molecular weight excluding hydrogens is 230 g/mol. The number of carboxylic acid groups (broad SMARTS) is 1. The monoisotopic (exact) mass is 247 g/mol. The van der Waals surface area contributed by atoms with E-state index in [4.69, 9.17) is 9.84 Å². The van der Waals surface area contributed by atoms with Crippen LogP contribution in [0.5, 0.6) is 5.75 Å². The summed E-state index contributed by atoms with van der Waals surface area (Å²) < 4.78 is 5.26. The molecule has 0 amide bonds. The maximum Gasteiger partial charge on any atom is 0.341 e. The molecule has 0 aliphatic carbocycles. The van der Waals surface area contributed by atoms with Crippen LogP contribution < -0.4 is 9.64 Å². The van der Waals surface area contributed by atoms with Crippen molar-refractivity contribution in [1.29, 1.82) is 0 Å². The van der Waals surface area contributed by atoms with Gasteiger partial charge >= 0.3 is 5.97 Å². The van der Waals surface area contributed by atoms with E-state index in [0.29, 0.717) is 18.8 Å². The smallest absolute Gasteiger partial charge is 0.341 e. The van der Waals surface area contributed by atoms with Crippen molar-refractivity contribution < 1.29 is 14.6 Å². The molecule has 0 heterocycles. The third-order valence-electron chi connectivity index (χ3n) is 2.26. The van der Waals surface area contributed by atoms with Gasteiger partial charge in [0.15, 0.2) is 6.61 Å². The molecular formula is C14H17NO3. The SMILES string of the molecule is C=CCN(CC=C)c1ccccc1OCC(=O)O. The van der Waals surface area contributed by atoms with Crippen molar-refractivity contribution in [1.82, 2.24) is 0 Å². The second-order valence-electron chi connectivity index (χ2n) is 3.63. The van der Waals surface area contributed by atoms with Crippen LogP contribution in [0, 0.1) is 0 Å². The molecule has 0 aliphatic heterocycles. The summed E-state index contributed by atoms with van der Waals surface area (Å²) in [6, 6.07) is 7.31. The van der Waals surface area contributed by atoms with Gasteiger partial charge in [0.2, 0.25) is 0 Å². The van der Waals surface area contributed by atoms with E-state index >= 15 is 0 Å². The maximum atomic E-state index is 10.5. The zero-order valence-electron chi connectivity index (χ0n) is 10.2. The zero-order chi connectivity index (χ0) is 13.4. The summed E-state index contributed by atoms with van der Waals surface area (Å²) in [5.41, 5.74) is 0.832. The van der Waals surface area contributed by atoms with E-state index in [2.05, 4.69) is 13.2 Å². The van der Waals surface area contributed by atoms with Crippen LogP contribution in [0.3, 0.4) is 0 Å². The van der Waals surface area contributed by atoms with E-state index in [0.717, 1.165) is 5.69 Å². The number of hydrogen-bond acceptors (Lipinski definition) is 3. The molecule has 0 saturated carbocycles. The molecule has 0 aliphatic rings. The molecule has 18 heavy (non-hydrogen) atoms. The normalized spacial score (nSPS) is 9.56. The molecule has 0 unspecified atom stereocenters. The van der Waals surface area contributed by atoms with E-state index in [9.17, 15) is 4.79 Å². The number of carboxylic acids is 1. The van der Waals surface area contributed by atoms with Crippen molar-refractivity contribution >= 4 is 11.7 Å². The predicted molar refractivity (Wildman–Crippen MR) is 72.2 cm³/mol. The van der Waals surface area contributed by atoms with Crippen molar-refractivity contribution in [3.63, 3.8) is 0 Å². The van der Waals surface area contributed by atoms with Gasteiger partial charge in [0.1, 0.15) is 5.75 Å². The Bertz CT molecular complexity index is 419. The van der Waals surface area contributed by atoms with Gasteiger partial charge in [-0.1, -0.05) is 24.3 Å². The van der Waals surface area contributed by atoms with Gasteiger partial charge in [0.25, 0.3) is 0 Å². The average Bonchev–Trinajstić information content (AvgIpc) is 2.36. The highest BCUT2D eigenvalue weighted by Crippen LogP contribution is 2.27. The molecule has 1 N–H and O–H groups in total. The molecule has 0 saturated heterocycles. The van der Waals surface area contributed by atoms with Crippen LogP contribution in [0.25, 0.3) is 0 Å². The summed E-state index contributed by atoms with van der Waals surface area (Å²) in [7, 11) is 0. The minimum atomic E-state index is -0.996. The maximum absolute atomic E-state index is 10.5. The lowest BCUT2D eigenvalue weighted by atomic mass is 10.2. The van der Waals surface area contributed by atoms with Gasteiger partial charge in [-0.15, -0.1) is 13.2 Å². The van der Waals surface area contributed by atoms with Gasteiger partial charge in [-0.3, -0.25) is 0 Å². The number of carbonyl (C=O) groups is 1. The predicted octanol–water partition coefficient (Wildman–Crippen LogP) is 2.33. The van der Waals surface area contributed by atoms with E-state index < -0.39 is 5.97 Å². The van der Waals surface area contributed by atoms with Gasteiger partial charge in [0, 0.05) is 13.1 Å². The van der Waals surface area contributed by atoms with Crippen molar-refractivity contribution in [2.45, 2.75) is 0 Å². The first kappa shape index (κ1) is 13.8. The van der Waals surface area contributed by atoms with Crippen molar-refractivity contribution in [2.75, 3.05) is 24.6 Å². The fourth-order valence-corrected chi connectivity index (χ4v) is 1.56. The topological polar surface area (TPSA) is 49.8 Å². The first-order chi connectivity index (χ1) is 8.69. The number of benzene rings is 1. The Labute approximate surface area is 107 Å². The zero-order valence-corrected chi connectivity index (χ0v) is 10.2. The van der Waals surface area contributed by atoms with Crippen molar-refractivity contribution in [2.24, 2.45) is 0 Å². The number of ether oxygens (including phenoxy) is 1. The lowest BCUT2D eigenvalue weighted by Gasteiger charge is -2.24. The molecule has 96 valence electrons. The Morgan fingerprint density at radius 3 is 2.44 bits per heavy atom. The molecule has 1 rings (SSSR count). The molecule has 4 nitrogen and oxygen atoms in total. The minimum absolute atomic E-state index is 0.354. The van der Waals surface area contributed by atoms with Gasteiger partial charge in [-0.2, -0.15) is 0 Å². The molecule has 1 aromatic carbocycles. The number of para-hydroxylation sites is 2. The minimum Gasteiger partial charge on any atom is -0.480 e. The standard InChI is InChI=1S/C14H17NO3/c1-3-9-15(10-4-2)12-7-5-6-8-13(12)18-11-14(16)17/h3-8H,1-2,9-11H2,(H,16,17). The lowest BCUT2D eigenvalue weighted by molar-refractivity contribution is -0.139. The first-order valence-corrected chi connectivity index (χ1v) is 5.59. The molecule has 0 atom stereocenters. The van der Waals surface area contributed by atoms with E-state index in [1.54, 1.807) is 24.3 Å². The fraction of sp³-hybridized carbons (Fsp3) is 0.214. The number of aliphatic carboxylic acids is 1. The van der Waals surface area contributed by atoms with Crippen LogP contribution in [-0.4, -0.2) is 30.8 Å². The molecule has 1 aromatic rings. The van der Waals surface area contributed by atoms with E-state index in [1.807, 2.05) is 17.0 Å². The molecule has 0 aromatic heterocycles. The Kier molecular flexibility index (Phi) is 5.51. The van der Waals surface area contributed by atoms with E-state index in [-0.39, 0.29) is 6.61 Å². The Morgan fingerprint density at radius 1 is 1.28 bits per heavy atom. The summed E-state index contributed by atoms with van der Waals surface area (Å²) in [6.07, 6.45) is 3.55. The van der Waals surface area contributed by atoms with Crippen LogP contribution in [0.1, 0.15) is 0 Å². The number of anilines is 1. The second kappa shape index (κ2) is 7.17. The Balaban J connectivity index is 2.93. The van der Waals surface area contributed by atoms with Crippen LogP contribution >= 0.6 is 0 Å². The number of hydrogen-bond donors (Lipinski definition) is 1. The summed E-state index contributed by atoms with van der Waals surface area (Å²) in [4.78, 5) is 12.5. The average molecular weight is 247 g/mol. The largest absolute Gasteiger partial charge is 0.480 e.